The number of rotatable bonds is 2. The molecule has 0 aromatic carbocycles. The van der Waals surface area contributed by atoms with Gasteiger partial charge in [-0.2, -0.15) is 18.2 Å². The largest absolute Gasteiger partial charge is 0.433 e. The van der Waals surface area contributed by atoms with Crippen LogP contribution in [0.25, 0.3) is 16.8 Å². The van der Waals surface area contributed by atoms with Crippen LogP contribution < -0.4 is 10.9 Å². The first-order valence-electron chi connectivity index (χ1n) is 6.92. The van der Waals surface area contributed by atoms with Gasteiger partial charge in [0.2, 0.25) is 5.95 Å². The highest BCUT2D eigenvalue weighted by atomic mass is 19.4. The molecule has 124 valence electrons. The van der Waals surface area contributed by atoms with Crippen LogP contribution in [0.3, 0.4) is 0 Å². The molecular formula is C15H12F3N5O. The molecule has 3 rings (SSSR count). The number of anilines is 1. The predicted octanol–water partition coefficient (Wildman–Crippen LogP) is 2.52. The van der Waals surface area contributed by atoms with Gasteiger partial charge in [0.15, 0.2) is 5.65 Å². The van der Waals surface area contributed by atoms with Gasteiger partial charge in [-0.25, -0.2) is 4.98 Å². The summed E-state index contributed by atoms with van der Waals surface area (Å²) in [4.78, 5) is 23.9. The van der Waals surface area contributed by atoms with Crippen LogP contribution in [0.4, 0.5) is 19.1 Å². The van der Waals surface area contributed by atoms with Crippen molar-refractivity contribution >= 4 is 11.6 Å². The Morgan fingerprint density at radius 2 is 1.96 bits per heavy atom. The van der Waals surface area contributed by atoms with Crippen LogP contribution in [0.2, 0.25) is 0 Å². The number of aromatic nitrogens is 4. The number of fused-ring (bicyclic) bond motifs is 1. The number of alkyl halides is 3. The van der Waals surface area contributed by atoms with Crippen LogP contribution >= 0.6 is 0 Å². The molecule has 24 heavy (non-hydrogen) atoms. The SMILES string of the molecule is CNc1nc(=O)c(-c2cnccc2C)c2nc(C(F)(F)F)ccn12. The fourth-order valence-electron chi connectivity index (χ4n) is 2.37. The highest BCUT2D eigenvalue weighted by molar-refractivity contribution is 5.79. The Morgan fingerprint density at radius 1 is 1.21 bits per heavy atom. The normalized spacial score (nSPS) is 11.7. The van der Waals surface area contributed by atoms with E-state index in [0.29, 0.717) is 11.1 Å². The third kappa shape index (κ3) is 2.57. The predicted molar refractivity (Wildman–Crippen MR) is 81.8 cm³/mol. The first kappa shape index (κ1) is 15.9. The molecule has 0 unspecified atom stereocenters. The van der Waals surface area contributed by atoms with E-state index < -0.39 is 17.4 Å². The molecule has 0 amide bonds. The van der Waals surface area contributed by atoms with E-state index in [1.807, 2.05) is 0 Å². The molecule has 0 fully saturated rings. The number of nitrogens with zero attached hydrogens (tertiary/aromatic N) is 4. The van der Waals surface area contributed by atoms with Crippen molar-refractivity contribution in [1.29, 1.82) is 0 Å². The third-order valence-electron chi connectivity index (χ3n) is 3.53. The van der Waals surface area contributed by atoms with E-state index in [0.717, 1.165) is 6.07 Å². The van der Waals surface area contributed by atoms with Gasteiger partial charge in [-0.05, 0) is 24.6 Å². The topological polar surface area (TPSA) is 72.2 Å². The summed E-state index contributed by atoms with van der Waals surface area (Å²) in [5.41, 5.74) is -0.847. The van der Waals surface area contributed by atoms with Gasteiger partial charge in [0.1, 0.15) is 5.69 Å². The average Bonchev–Trinajstić information content (AvgIpc) is 2.54. The van der Waals surface area contributed by atoms with E-state index in [9.17, 15) is 18.0 Å². The summed E-state index contributed by atoms with van der Waals surface area (Å²) in [5, 5.41) is 2.68. The van der Waals surface area contributed by atoms with Crippen molar-refractivity contribution in [3.63, 3.8) is 0 Å². The van der Waals surface area contributed by atoms with Crippen molar-refractivity contribution in [3.05, 3.63) is 52.3 Å². The zero-order chi connectivity index (χ0) is 17.5. The Balaban J connectivity index is 2.46. The van der Waals surface area contributed by atoms with Gasteiger partial charge >= 0.3 is 6.18 Å². The summed E-state index contributed by atoms with van der Waals surface area (Å²) in [6.07, 6.45) is -0.502. The lowest BCUT2D eigenvalue weighted by Crippen LogP contribution is -2.19. The lowest BCUT2D eigenvalue weighted by atomic mass is 10.1. The highest BCUT2D eigenvalue weighted by Gasteiger charge is 2.33. The van der Waals surface area contributed by atoms with Gasteiger partial charge < -0.3 is 5.32 Å². The summed E-state index contributed by atoms with van der Waals surface area (Å²) in [6.45, 7) is 1.73. The number of pyridine rings is 1. The summed E-state index contributed by atoms with van der Waals surface area (Å²) in [5.74, 6) is 0.0986. The molecule has 1 N–H and O–H groups in total. The second-order valence-corrected chi connectivity index (χ2v) is 5.06. The van der Waals surface area contributed by atoms with Crippen molar-refractivity contribution in [3.8, 4) is 11.1 Å². The Hall–Kier alpha value is -2.97. The van der Waals surface area contributed by atoms with E-state index in [1.54, 1.807) is 13.0 Å². The van der Waals surface area contributed by atoms with Crippen LogP contribution in [0.1, 0.15) is 11.3 Å². The molecule has 0 radical (unpaired) electrons. The standard InChI is InChI=1S/C15H12F3N5O/c1-8-3-5-20-7-9(8)11-12-21-10(15(16,17)18)4-6-23(12)14(19-2)22-13(11)24/h3-7H,1-2H3,(H,19,22,24). The van der Waals surface area contributed by atoms with Gasteiger partial charge in [0.25, 0.3) is 5.56 Å². The van der Waals surface area contributed by atoms with Gasteiger partial charge in [0, 0.05) is 31.2 Å². The van der Waals surface area contributed by atoms with Gasteiger partial charge in [-0.3, -0.25) is 14.2 Å². The first-order chi connectivity index (χ1) is 11.3. The molecule has 0 saturated carbocycles. The minimum atomic E-state index is -4.62. The molecule has 0 aliphatic heterocycles. The number of hydrogen-bond donors (Lipinski definition) is 1. The van der Waals surface area contributed by atoms with E-state index in [-0.39, 0.29) is 17.2 Å². The molecule has 6 nitrogen and oxygen atoms in total. The molecule has 0 atom stereocenters. The van der Waals surface area contributed by atoms with Crippen LogP contribution in [-0.4, -0.2) is 26.4 Å². The second kappa shape index (κ2) is 5.59. The molecule has 3 heterocycles. The molecule has 9 heteroatoms. The van der Waals surface area contributed by atoms with Crippen LogP contribution in [0.5, 0.6) is 0 Å². The Labute approximate surface area is 134 Å². The minimum Gasteiger partial charge on any atom is -0.358 e. The van der Waals surface area contributed by atoms with E-state index >= 15 is 0 Å². The smallest absolute Gasteiger partial charge is 0.358 e. The Kier molecular flexibility index (Phi) is 3.70. The summed E-state index contributed by atoms with van der Waals surface area (Å²) >= 11 is 0. The van der Waals surface area contributed by atoms with Crippen LogP contribution in [-0.2, 0) is 6.18 Å². The lowest BCUT2D eigenvalue weighted by molar-refractivity contribution is -0.141. The van der Waals surface area contributed by atoms with Gasteiger partial charge in [0.05, 0.1) is 5.56 Å². The van der Waals surface area contributed by atoms with Crippen molar-refractivity contribution in [1.82, 2.24) is 19.4 Å². The summed E-state index contributed by atoms with van der Waals surface area (Å²) in [7, 11) is 1.51. The second-order valence-electron chi connectivity index (χ2n) is 5.06. The number of aryl methyl sites for hydroxylation is 1. The van der Waals surface area contributed by atoms with Crippen molar-refractivity contribution in [2.24, 2.45) is 0 Å². The quantitative estimate of drug-likeness (QED) is 0.779. The fourth-order valence-corrected chi connectivity index (χ4v) is 2.37. The van der Waals surface area contributed by atoms with E-state index in [4.69, 9.17) is 0 Å². The zero-order valence-corrected chi connectivity index (χ0v) is 12.7. The molecule has 0 aliphatic carbocycles. The first-order valence-corrected chi connectivity index (χ1v) is 6.92. The Morgan fingerprint density at radius 3 is 2.58 bits per heavy atom. The fraction of sp³-hybridized carbons (Fsp3) is 0.200. The van der Waals surface area contributed by atoms with Crippen molar-refractivity contribution in [2.75, 3.05) is 12.4 Å². The average molecular weight is 335 g/mol. The highest BCUT2D eigenvalue weighted by Crippen LogP contribution is 2.30. The third-order valence-corrected chi connectivity index (χ3v) is 3.53. The maximum Gasteiger partial charge on any atom is 0.433 e. The molecule has 3 aromatic rings. The molecular weight excluding hydrogens is 323 g/mol. The molecule has 3 aromatic heterocycles. The van der Waals surface area contributed by atoms with E-state index in [2.05, 4.69) is 20.3 Å². The number of nitrogens with one attached hydrogen (secondary N) is 1. The van der Waals surface area contributed by atoms with E-state index in [1.165, 1.54) is 30.0 Å². The zero-order valence-electron chi connectivity index (χ0n) is 12.7. The monoisotopic (exact) mass is 335 g/mol. The van der Waals surface area contributed by atoms with Gasteiger partial charge in [-0.1, -0.05) is 0 Å². The van der Waals surface area contributed by atoms with Crippen molar-refractivity contribution < 1.29 is 13.2 Å². The molecule has 0 aliphatic rings. The lowest BCUT2D eigenvalue weighted by Gasteiger charge is -2.14. The number of hydrogen-bond acceptors (Lipinski definition) is 5. The molecule has 0 bridgehead atoms. The summed E-state index contributed by atoms with van der Waals surface area (Å²) in [6, 6.07) is 2.49. The summed E-state index contributed by atoms with van der Waals surface area (Å²) < 4.78 is 40.4. The minimum absolute atomic E-state index is 0.0225. The van der Waals surface area contributed by atoms with Gasteiger partial charge in [-0.15, -0.1) is 0 Å². The number of halogens is 3. The molecule has 0 spiro atoms. The maximum absolute atomic E-state index is 13.0. The maximum atomic E-state index is 13.0. The molecule has 0 saturated heterocycles. The van der Waals surface area contributed by atoms with Crippen molar-refractivity contribution in [2.45, 2.75) is 13.1 Å². The van der Waals surface area contributed by atoms with Crippen LogP contribution in [0.15, 0.2) is 35.5 Å². The Bertz CT molecular complexity index is 981. The van der Waals surface area contributed by atoms with Crippen LogP contribution in [0, 0.1) is 6.92 Å².